The van der Waals surface area contributed by atoms with Gasteiger partial charge in [-0.2, -0.15) is 0 Å². The van der Waals surface area contributed by atoms with E-state index in [0.29, 0.717) is 22.0 Å². The van der Waals surface area contributed by atoms with Crippen LogP contribution in [-0.2, 0) is 22.6 Å². The quantitative estimate of drug-likeness (QED) is 0.660. The average Bonchev–Trinajstić information content (AvgIpc) is 2.67. The molecule has 0 aliphatic rings. The second-order valence-corrected chi connectivity index (χ2v) is 7.41. The molecule has 0 bridgehead atoms. The summed E-state index contributed by atoms with van der Waals surface area (Å²) >= 11 is 18.1. The van der Waals surface area contributed by atoms with Gasteiger partial charge in [0.2, 0.25) is 11.8 Å². The lowest BCUT2D eigenvalue weighted by Crippen LogP contribution is -2.48. The van der Waals surface area contributed by atoms with Gasteiger partial charge in [0, 0.05) is 24.2 Å². The van der Waals surface area contributed by atoms with E-state index in [9.17, 15) is 14.0 Å². The molecule has 28 heavy (non-hydrogen) atoms. The minimum absolute atomic E-state index is 0.0973. The molecule has 0 heterocycles. The molecule has 150 valence electrons. The molecule has 0 fully saturated rings. The van der Waals surface area contributed by atoms with Crippen molar-refractivity contribution >= 4 is 46.6 Å². The van der Waals surface area contributed by atoms with Gasteiger partial charge in [-0.15, -0.1) is 0 Å². The van der Waals surface area contributed by atoms with E-state index >= 15 is 0 Å². The van der Waals surface area contributed by atoms with Crippen LogP contribution in [0.1, 0.15) is 24.5 Å². The highest BCUT2D eigenvalue weighted by Gasteiger charge is 2.29. The van der Waals surface area contributed by atoms with Crippen LogP contribution >= 0.6 is 34.8 Å². The van der Waals surface area contributed by atoms with Crippen LogP contribution in [0.15, 0.2) is 36.4 Å². The van der Waals surface area contributed by atoms with Gasteiger partial charge < -0.3 is 10.2 Å². The number of likely N-dealkylation sites (N-methyl/N-ethyl adjacent to an activating group) is 1. The summed E-state index contributed by atoms with van der Waals surface area (Å²) < 4.78 is 14.1. The van der Waals surface area contributed by atoms with Gasteiger partial charge in [0.15, 0.2) is 0 Å². The number of rotatable bonds is 7. The fraction of sp³-hybridized carbons (Fsp3) is 0.300. The van der Waals surface area contributed by atoms with Gasteiger partial charge in [-0.25, -0.2) is 4.39 Å². The van der Waals surface area contributed by atoms with Crippen LogP contribution in [0.3, 0.4) is 0 Å². The van der Waals surface area contributed by atoms with Crippen LogP contribution in [0.25, 0.3) is 0 Å². The van der Waals surface area contributed by atoms with Gasteiger partial charge in [0.25, 0.3) is 0 Å². The highest BCUT2D eigenvalue weighted by Crippen LogP contribution is 2.25. The molecule has 2 amide bonds. The maximum Gasteiger partial charge on any atom is 0.242 e. The Labute approximate surface area is 178 Å². The number of hydrogen-bond donors (Lipinski definition) is 1. The summed E-state index contributed by atoms with van der Waals surface area (Å²) in [6, 6.07) is 8.49. The lowest BCUT2D eigenvalue weighted by atomic mass is 10.1. The first-order valence-electron chi connectivity index (χ1n) is 8.66. The molecule has 0 spiro atoms. The number of nitrogens with one attached hydrogen (secondary N) is 1. The largest absolute Gasteiger partial charge is 0.357 e. The third-order valence-electron chi connectivity index (χ3n) is 4.36. The van der Waals surface area contributed by atoms with Crippen LogP contribution in [0.5, 0.6) is 0 Å². The summed E-state index contributed by atoms with van der Waals surface area (Å²) in [4.78, 5) is 26.8. The van der Waals surface area contributed by atoms with Crippen molar-refractivity contribution in [1.82, 2.24) is 10.2 Å². The molecule has 0 saturated carbocycles. The maximum absolute atomic E-state index is 14.1. The van der Waals surface area contributed by atoms with Crippen molar-refractivity contribution in [2.45, 2.75) is 32.4 Å². The summed E-state index contributed by atoms with van der Waals surface area (Å²) in [6.07, 6.45) is 0.123. The Kier molecular flexibility index (Phi) is 8.10. The number of amides is 2. The average molecular weight is 446 g/mol. The smallest absolute Gasteiger partial charge is 0.242 e. The molecule has 2 aromatic rings. The zero-order valence-electron chi connectivity index (χ0n) is 15.4. The number of benzene rings is 2. The van der Waals surface area contributed by atoms with Crippen LogP contribution in [0.2, 0.25) is 15.1 Å². The molecule has 2 aromatic carbocycles. The molecule has 0 radical (unpaired) electrons. The molecule has 4 nitrogen and oxygen atoms in total. The van der Waals surface area contributed by atoms with Crippen LogP contribution in [0.4, 0.5) is 4.39 Å². The Hall–Kier alpha value is -1.82. The minimum atomic E-state index is -0.725. The Morgan fingerprint density at radius 3 is 2.39 bits per heavy atom. The van der Waals surface area contributed by atoms with Gasteiger partial charge in [-0.1, -0.05) is 53.9 Å². The standard InChI is InChI=1S/C20H20Cl3FN2O2/c1-3-18(20(28)25-2)26(11-12-7-8-15(22)16(23)9-12)19(27)10-13-14(21)5-4-6-17(13)24/h4-9,18H,3,10-11H2,1-2H3,(H,25,28). The van der Waals surface area contributed by atoms with Crippen LogP contribution < -0.4 is 5.32 Å². The minimum Gasteiger partial charge on any atom is -0.357 e. The van der Waals surface area contributed by atoms with E-state index in [1.54, 1.807) is 25.1 Å². The number of nitrogens with zero attached hydrogens (tertiary/aromatic N) is 1. The Balaban J connectivity index is 2.37. The van der Waals surface area contributed by atoms with Crippen molar-refractivity contribution in [2.24, 2.45) is 0 Å². The molecule has 0 aliphatic carbocycles. The summed E-state index contributed by atoms with van der Waals surface area (Å²) in [5.41, 5.74) is 0.796. The molecule has 0 aliphatic heterocycles. The van der Waals surface area contributed by atoms with E-state index in [4.69, 9.17) is 34.8 Å². The lowest BCUT2D eigenvalue weighted by molar-refractivity contribution is -0.140. The van der Waals surface area contributed by atoms with Crippen molar-refractivity contribution in [3.63, 3.8) is 0 Å². The number of carbonyl (C=O) groups excluding carboxylic acids is 2. The second kappa shape index (κ2) is 10.1. The number of halogens is 4. The highest BCUT2D eigenvalue weighted by molar-refractivity contribution is 6.42. The van der Waals surface area contributed by atoms with E-state index in [-0.39, 0.29) is 29.5 Å². The molecule has 8 heteroatoms. The lowest BCUT2D eigenvalue weighted by Gasteiger charge is -2.30. The second-order valence-electron chi connectivity index (χ2n) is 6.19. The van der Waals surface area contributed by atoms with Gasteiger partial charge in [0.1, 0.15) is 11.9 Å². The topological polar surface area (TPSA) is 49.4 Å². The van der Waals surface area contributed by atoms with Gasteiger partial charge in [-0.05, 0) is 36.2 Å². The summed E-state index contributed by atoms with van der Waals surface area (Å²) in [7, 11) is 1.50. The first kappa shape index (κ1) is 22.5. The monoisotopic (exact) mass is 444 g/mol. The molecular formula is C20H20Cl3FN2O2. The first-order valence-corrected chi connectivity index (χ1v) is 9.79. The molecule has 0 saturated heterocycles. The third kappa shape index (κ3) is 5.37. The van der Waals surface area contributed by atoms with Gasteiger partial charge >= 0.3 is 0 Å². The highest BCUT2D eigenvalue weighted by atomic mass is 35.5. The Morgan fingerprint density at radius 2 is 1.82 bits per heavy atom. The fourth-order valence-corrected chi connectivity index (χ4v) is 3.43. The van der Waals surface area contributed by atoms with Crippen molar-refractivity contribution in [3.05, 3.63) is 68.4 Å². The number of hydrogen-bond acceptors (Lipinski definition) is 2. The normalized spacial score (nSPS) is 11.8. The zero-order valence-corrected chi connectivity index (χ0v) is 17.7. The zero-order chi connectivity index (χ0) is 20.8. The van der Waals surface area contributed by atoms with E-state index in [2.05, 4.69) is 5.32 Å². The van der Waals surface area contributed by atoms with Gasteiger partial charge in [0.05, 0.1) is 16.5 Å². The van der Waals surface area contributed by atoms with Gasteiger partial charge in [-0.3, -0.25) is 9.59 Å². The SMILES string of the molecule is CCC(C(=O)NC)N(Cc1ccc(Cl)c(Cl)c1)C(=O)Cc1c(F)cccc1Cl. The third-order valence-corrected chi connectivity index (χ3v) is 5.45. The maximum atomic E-state index is 14.1. The summed E-state index contributed by atoms with van der Waals surface area (Å²) in [5.74, 6) is -1.30. The van der Waals surface area contributed by atoms with Crippen LogP contribution in [-0.4, -0.2) is 29.8 Å². The predicted molar refractivity (Wildman–Crippen MR) is 110 cm³/mol. The number of carbonyl (C=O) groups is 2. The Bertz CT molecular complexity index is 856. The molecule has 0 aromatic heterocycles. The molecule has 1 unspecified atom stereocenters. The van der Waals surface area contributed by atoms with Crippen molar-refractivity contribution < 1.29 is 14.0 Å². The summed E-state index contributed by atoms with van der Waals surface area (Å²) in [6.45, 7) is 1.92. The van der Waals surface area contributed by atoms with E-state index < -0.39 is 17.8 Å². The van der Waals surface area contributed by atoms with E-state index in [1.807, 2.05) is 0 Å². The molecular weight excluding hydrogens is 426 g/mol. The first-order chi connectivity index (χ1) is 13.3. The van der Waals surface area contributed by atoms with Crippen molar-refractivity contribution in [1.29, 1.82) is 0 Å². The Morgan fingerprint density at radius 1 is 1.11 bits per heavy atom. The van der Waals surface area contributed by atoms with E-state index in [1.165, 1.54) is 30.1 Å². The predicted octanol–water partition coefficient (Wildman–Crippen LogP) is 4.88. The van der Waals surface area contributed by atoms with Crippen molar-refractivity contribution in [2.75, 3.05) is 7.05 Å². The van der Waals surface area contributed by atoms with E-state index in [0.717, 1.165) is 0 Å². The molecule has 1 N–H and O–H groups in total. The fourth-order valence-electron chi connectivity index (χ4n) is 2.87. The molecule has 1 atom stereocenters. The van der Waals surface area contributed by atoms with Crippen molar-refractivity contribution in [3.8, 4) is 0 Å². The molecule has 2 rings (SSSR count). The van der Waals surface area contributed by atoms with Crippen LogP contribution in [0, 0.1) is 5.82 Å². The summed E-state index contributed by atoms with van der Waals surface area (Å²) in [5, 5.41) is 3.46.